The Balaban J connectivity index is 1.49. The number of carbonyl (C=O) groups is 1. The maximum Gasteiger partial charge on any atom is 0.262 e. The number of nitrogens with one attached hydrogen (secondary N) is 3. The molecule has 0 fully saturated rings. The van der Waals surface area contributed by atoms with Gasteiger partial charge in [-0.05, 0) is 54.1 Å². The van der Waals surface area contributed by atoms with Crippen molar-refractivity contribution in [3.05, 3.63) is 114 Å². The van der Waals surface area contributed by atoms with Crippen LogP contribution in [-0.2, 0) is 26.6 Å². The molecule has 0 atom stereocenters. The standard InChI is InChI=1S/C27H25N3O6S2/c1-36-26-16-6-5-15-25(26)30-38(34,35)24-14-8-12-22(18-24)29-27(31)21-11-7-13-23(17-21)37(32,33)28-19-20-9-3-2-4-10-20/h2-18,28,30H,19H2,1H3,(H,29,31). The highest BCUT2D eigenvalue weighted by Crippen LogP contribution is 2.27. The Bertz CT molecular complexity index is 1660. The minimum Gasteiger partial charge on any atom is -0.495 e. The van der Waals surface area contributed by atoms with Crippen molar-refractivity contribution in [2.24, 2.45) is 0 Å². The highest BCUT2D eigenvalue weighted by atomic mass is 32.2. The number of methoxy groups -OCH3 is 1. The van der Waals surface area contributed by atoms with Gasteiger partial charge in [-0.1, -0.05) is 54.6 Å². The van der Waals surface area contributed by atoms with E-state index in [4.69, 9.17) is 4.74 Å². The Hall–Kier alpha value is -4.19. The Morgan fingerprint density at radius 2 is 1.39 bits per heavy atom. The number of carbonyl (C=O) groups excluding carboxylic acids is 1. The topological polar surface area (TPSA) is 131 Å². The third-order valence-corrected chi connectivity index (χ3v) is 8.23. The van der Waals surface area contributed by atoms with Crippen molar-refractivity contribution in [2.75, 3.05) is 17.1 Å². The lowest BCUT2D eigenvalue weighted by Crippen LogP contribution is -2.23. The molecule has 196 valence electrons. The molecule has 0 aliphatic heterocycles. The molecule has 1 amide bonds. The number of para-hydroxylation sites is 2. The molecule has 0 aromatic heterocycles. The van der Waals surface area contributed by atoms with Gasteiger partial charge in [0, 0.05) is 17.8 Å². The first-order valence-electron chi connectivity index (χ1n) is 11.4. The molecule has 0 saturated heterocycles. The number of amides is 1. The number of benzene rings is 4. The molecular weight excluding hydrogens is 526 g/mol. The number of hydrogen-bond acceptors (Lipinski definition) is 6. The maximum atomic E-state index is 12.9. The van der Waals surface area contributed by atoms with Gasteiger partial charge in [-0.2, -0.15) is 0 Å². The summed E-state index contributed by atoms with van der Waals surface area (Å²) in [6.07, 6.45) is 0. The van der Waals surface area contributed by atoms with E-state index in [1.807, 2.05) is 18.2 Å². The van der Waals surface area contributed by atoms with Crippen molar-refractivity contribution in [1.29, 1.82) is 0 Å². The van der Waals surface area contributed by atoms with E-state index in [1.54, 1.807) is 36.4 Å². The average Bonchev–Trinajstić information content (AvgIpc) is 2.93. The number of hydrogen-bond donors (Lipinski definition) is 3. The molecular formula is C27H25N3O6S2. The predicted molar refractivity (Wildman–Crippen MR) is 145 cm³/mol. The van der Waals surface area contributed by atoms with Crippen LogP contribution >= 0.6 is 0 Å². The highest BCUT2D eigenvalue weighted by molar-refractivity contribution is 7.92. The van der Waals surface area contributed by atoms with E-state index >= 15 is 0 Å². The SMILES string of the molecule is COc1ccccc1NS(=O)(=O)c1cccc(NC(=O)c2cccc(S(=O)(=O)NCc3ccccc3)c2)c1. The Morgan fingerprint density at radius 3 is 2.13 bits per heavy atom. The van der Waals surface area contributed by atoms with Crippen molar-refractivity contribution < 1.29 is 26.4 Å². The number of sulfonamides is 2. The van der Waals surface area contributed by atoms with Crippen LogP contribution in [0.5, 0.6) is 5.75 Å². The summed E-state index contributed by atoms with van der Waals surface area (Å²) in [5, 5.41) is 2.62. The molecule has 0 saturated carbocycles. The minimum absolute atomic E-state index is 0.0709. The molecule has 9 nitrogen and oxygen atoms in total. The van der Waals surface area contributed by atoms with Gasteiger partial charge in [0.2, 0.25) is 10.0 Å². The van der Waals surface area contributed by atoms with Crippen LogP contribution in [0.4, 0.5) is 11.4 Å². The van der Waals surface area contributed by atoms with E-state index in [0.717, 1.165) is 5.56 Å². The molecule has 4 aromatic rings. The normalized spacial score (nSPS) is 11.5. The Labute approximate surface area is 221 Å². The minimum atomic E-state index is -3.99. The summed E-state index contributed by atoms with van der Waals surface area (Å²) in [6, 6.07) is 26.9. The molecule has 38 heavy (non-hydrogen) atoms. The third kappa shape index (κ3) is 6.57. The van der Waals surface area contributed by atoms with Crippen LogP contribution in [0, 0.1) is 0 Å². The zero-order valence-electron chi connectivity index (χ0n) is 20.3. The van der Waals surface area contributed by atoms with Crippen molar-refractivity contribution >= 4 is 37.3 Å². The third-order valence-electron chi connectivity index (χ3n) is 5.47. The van der Waals surface area contributed by atoms with Gasteiger partial charge in [-0.25, -0.2) is 21.6 Å². The second-order valence-electron chi connectivity index (χ2n) is 8.13. The second-order valence-corrected chi connectivity index (χ2v) is 11.6. The highest BCUT2D eigenvalue weighted by Gasteiger charge is 2.19. The van der Waals surface area contributed by atoms with Crippen LogP contribution in [0.15, 0.2) is 113 Å². The van der Waals surface area contributed by atoms with Gasteiger partial charge in [0.1, 0.15) is 5.75 Å². The molecule has 4 rings (SSSR count). The van der Waals surface area contributed by atoms with Crippen molar-refractivity contribution in [3.8, 4) is 5.75 Å². The fourth-order valence-electron chi connectivity index (χ4n) is 3.54. The zero-order valence-corrected chi connectivity index (χ0v) is 21.9. The summed E-state index contributed by atoms with van der Waals surface area (Å²) in [4.78, 5) is 12.7. The summed E-state index contributed by atoms with van der Waals surface area (Å²) in [5.41, 5.74) is 1.37. The van der Waals surface area contributed by atoms with Gasteiger partial charge >= 0.3 is 0 Å². The van der Waals surface area contributed by atoms with Crippen molar-refractivity contribution in [3.63, 3.8) is 0 Å². The van der Waals surface area contributed by atoms with E-state index in [9.17, 15) is 21.6 Å². The first-order valence-corrected chi connectivity index (χ1v) is 14.4. The lowest BCUT2D eigenvalue weighted by molar-refractivity contribution is 0.102. The molecule has 0 radical (unpaired) electrons. The molecule has 3 N–H and O–H groups in total. The Morgan fingerprint density at radius 1 is 0.737 bits per heavy atom. The van der Waals surface area contributed by atoms with E-state index in [1.165, 1.54) is 55.6 Å². The molecule has 0 heterocycles. The molecule has 0 spiro atoms. The van der Waals surface area contributed by atoms with Crippen LogP contribution in [0.25, 0.3) is 0 Å². The lowest BCUT2D eigenvalue weighted by Gasteiger charge is -2.13. The Kier molecular flexibility index (Phi) is 8.10. The van der Waals surface area contributed by atoms with Crippen LogP contribution < -0.4 is 19.5 Å². The molecule has 0 aliphatic rings. The van der Waals surface area contributed by atoms with E-state index in [2.05, 4.69) is 14.8 Å². The smallest absolute Gasteiger partial charge is 0.262 e. The molecule has 0 bridgehead atoms. The number of anilines is 2. The molecule has 0 aliphatic carbocycles. The molecule has 4 aromatic carbocycles. The molecule has 0 unspecified atom stereocenters. The average molecular weight is 552 g/mol. The van der Waals surface area contributed by atoms with E-state index < -0.39 is 26.0 Å². The summed E-state index contributed by atoms with van der Waals surface area (Å²) in [5.74, 6) is -0.244. The van der Waals surface area contributed by atoms with Gasteiger partial charge in [-0.3, -0.25) is 9.52 Å². The first kappa shape index (κ1) is 26.9. The van der Waals surface area contributed by atoms with Gasteiger partial charge in [0.05, 0.1) is 22.6 Å². The second kappa shape index (κ2) is 11.5. The molecule has 11 heteroatoms. The van der Waals surface area contributed by atoms with Crippen LogP contribution in [-0.4, -0.2) is 29.9 Å². The van der Waals surface area contributed by atoms with E-state index in [-0.39, 0.29) is 33.3 Å². The largest absolute Gasteiger partial charge is 0.495 e. The van der Waals surface area contributed by atoms with Gasteiger partial charge in [0.25, 0.3) is 15.9 Å². The first-order chi connectivity index (χ1) is 18.2. The fraction of sp³-hybridized carbons (Fsp3) is 0.0741. The van der Waals surface area contributed by atoms with Gasteiger partial charge in [0.15, 0.2) is 0 Å². The van der Waals surface area contributed by atoms with Crippen LogP contribution in [0.3, 0.4) is 0 Å². The monoisotopic (exact) mass is 551 g/mol. The number of ether oxygens (including phenoxy) is 1. The van der Waals surface area contributed by atoms with Crippen molar-refractivity contribution in [1.82, 2.24) is 4.72 Å². The van der Waals surface area contributed by atoms with Crippen LogP contribution in [0.2, 0.25) is 0 Å². The zero-order chi connectivity index (χ0) is 27.2. The van der Waals surface area contributed by atoms with Gasteiger partial charge < -0.3 is 10.1 Å². The lowest BCUT2D eigenvalue weighted by atomic mass is 10.2. The van der Waals surface area contributed by atoms with Crippen LogP contribution in [0.1, 0.15) is 15.9 Å². The maximum absolute atomic E-state index is 12.9. The summed E-state index contributed by atoms with van der Waals surface area (Å²) in [6.45, 7) is 0.101. The summed E-state index contributed by atoms with van der Waals surface area (Å²) in [7, 11) is -6.44. The quantitative estimate of drug-likeness (QED) is 0.270. The fourth-order valence-corrected chi connectivity index (χ4v) is 5.72. The van der Waals surface area contributed by atoms with Gasteiger partial charge in [-0.15, -0.1) is 0 Å². The van der Waals surface area contributed by atoms with Crippen molar-refractivity contribution in [2.45, 2.75) is 16.3 Å². The van der Waals surface area contributed by atoms with E-state index in [0.29, 0.717) is 5.75 Å². The number of rotatable bonds is 10. The summed E-state index contributed by atoms with van der Waals surface area (Å²) < 4.78 is 61.6. The summed E-state index contributed by atoms with van der Waals surface area (Å²) >= 11 is 0. The predicted octanol–water partition coefficient (Wildman–Crippen LogP) is 4.23.